The van der Waals surface area contributed by atoms with E-state index >= 15 is 0 Å². The number of hydrogen-bond acceptors (Lipinski definition) is 6. The molecule has 3 aromatic carbocycles. The fourth-order valence-corrected chi connectivity index (χ4v) is 4.32. The molecule has 1 unspecified atom stereocenters. The van der Waals surface area contributed by atoms with Crippen LogP contribution < -0.4 is 10.0 Å². The molecule has 1 amide bonds. The number of aliphatic carboxylic acids is 1. The number of aliphatic hydroxyl groups excluding tert-OH is 1. The number of fused-ring (bicyclic) bond motifs is 1. The Morgan fingerprint density at radius 1 is 0.912 bits per heavy atom. The second-order valence-electron chi connectivity index (χ2n) is 7.41. The highest BCUT2D eigenvalue weighted by Crippen LogP contribution is 2.27. The van der Waals surface area contributed by atoms with E-state index in [9.17, 15) is 18.0 Å². The number of sulfonamides is 1. The molecule has 4 N–H and O–H groups in total. The first-order valence-electron chi connectivity index (χ1n) is 10.1. The van der Waals surface area contributed by atoms with Gasteiger partial charge in [-0.3, -0.25) is 9.52 Å². The van der Waals surface area contributed by atoms with Gasteiger partial charge >= 0.3 is 5.97 Å². The lowest BCUT2D eigenvalue weighted by atomic mass is 10.0. The molecule has 1 heterocycles. The standard InChI is InChI=1S/C24H20N2O7S/c27-14-20(24(29)30)25-23(28)16-10-8-15(9-11-16)17-5-3-6-19(12-17)26-34(31,32)22-13-18-4-1-2-7-21(18)33-22/h1-13,20,26-27H,14H2,(H,25,28)(H,29,30). The van der Waals surface area contributed by atoms with E-state index in [2.05, 4.69) is 10.0 Å². The summed E-state index contributed by atoms with van der Waals surface area (Å²) in [7, 11) is -3.95. The number of amides is 1. The van der Waals surface area contributed by atoms with Gasteiger partial charge in [0.05, 0.1) is 6.61 Å². The van der Waals surface area contributed by atoms with Gasteiger partial charge in [-0.15, -0.1) is 0 Å². The molecule has 0 saturated carbocycles. The van der Waals surface area contributed by atoms with Gasteiger partial charge < -0.3 is 19.9 Å². The molecular weight excluding hydrogens is 460 g/mol. The minimum atomic E-state index is -3.95. The van der Waals surface area contributed by atoms with Crippen LogP contribution in [-0.2, 0) is 14.8 Å². The van der Waals surface area contributed by atoms with E-state index in [4.69, 9.17) is 14.6 Å². The number of furan rings is 1. The van der Waals surface area contributed by atoms with Crippen molar-refractivity contribution in [2.45, 2.75) is 11.1 Å². The number of nitrogens with one attached hydrogen (secondary N) is 2. The van der Waals surface area contributed by atoms with Crippen molar-refractivity contribution >= 4 is 38.6 Å². The smallest absolute Gasteiger partial charge is 0.328 e. The first-order valence-corrected chi connectivity index (χ1v) is 11.6. The third kappa shape index (κ3) is 4.92. The third-order valence-electron chi connectivity index (χ3n) is 5.05. The molecule has 0 aliphatic heterocycles. The number of carbonyl (C=O) groups is 2. The predicted octanol–water partition coefficient (Wildman–Crippen LogP) is 3.08. The SMILES string of the molecule is O=C(NC(CO)C(=O)O)c1ccc(-c2cccc(NS(=O)(=O)c3cc4ccccc4o3)c2)cc1. The maximum atomic E-state index is 12.8. The number of carbonyl (C=O) groups excluding carboxylic acids is 1. The van der Waals surface area contributed by atoms with Crippen LogP contribution in [0.5, 0.6) is 0 Å². The Balaban J connectivity index is 1.52. The van der Waals surface area contributed by atoms with Crippen LogP contribution in [0.4, 0.5) is 5.69 Å². The zero-order valence-electron chi connectivity index (χ0n) is 17.6. The summed E-state index contributed by atoms with van der Waals surface area (Å²) in [6, 6.07) is 20.1. The topological polar surface area (TPSA) is 146 Å². The van der Waals surface area contributed by atoms with Crippen molar-refractivity contribution < 1.29 is 32.6 Å². The maximum Gasteiger partial charge on any atom is 0.328 e. The van der Waals surface area contributed by atoms with Crippen LogP contribution in [0.15, 0.2) is 88.4 Å². The number of benzene rings is 3. The van der Waals surface area contributed by atoms with E-state index in [-0.39, 0.29) is 10.7 Å². The second kappa shape index (κ2) is 9.38. The average Bonchev–Trinajstić information content (AvgIpc) is 3.28. The van der Waals surface area contributed by atoms with Gasteiger partial charge in [0.2, 0.25) is 5.09 Å². The van der Waals surface area contributed by atoms with Crippen LogP contribution in [-0.4, -0.2) is 43.2 Å². The number of hydrogen-bond donors (Lipinski definition) is 4. The Morgan fingerprint density at radius 2 is 1.65 bits per heavy atom. The van der Waals surface area contributed by atoms with Gasteiger partial charge in [-0.2, -0.15) is 8.42 Å². The first-order chi connectivity index (χ1) is 16.3. The summed E-state index contributed by atoms with van der Waals surface area (Å²) in [6.07, 6.45) is 0. The van der Waals surface area contributed by atoms with Gasteiger partial charge in [-0.05, 0) is 41.5 Å². The minimum absolute atomic E-state index is 0.197. The first kappa shape index (κ1) is 23.0. The van der Waals surface area contributed by atoms with Crippen molar-refractivity contribution in [2.75, 3.05) is 11.3 Å². The largest absolute Gasteiger partial charge is 0.480 e. The van der Waals surface area contributed by atoms with Crippen molar-refractivity contribution in [3.8, 4) is 11.1 Å². The van der Waals surface area contributed by atoms with Gasteiger partial charge in [0.25, 0.3) is 15.9 Å². The third-order valence-corrected chi connectivity index (χ3v) is 6.28. The lowest BCUT2D eigenvalue weighted by Gasteiger charge is -2.12. The summed E-state index contributed by atoms with van der Waals surface area (Å²) >= 11 is 0. The van der Waals surface area contributed by atoms with E-state index in [1.54, 1.807) is 60.7 Å². The molecule has 0 aliphatic carbocycles. The molecule has 0 fully saturated rings. The van der Waals surface area contributed by atoms with Crippen LogP contribution in [0.1, 0.15) is 10.4 Å². The fourth-order valence-electron chi connectivity index (χ4n) is 3.30. The Labute approximate surface area is 194 Å². The summed E-state index contributed by atoms with van der Waals surface area (Å²) < 4.78 is 33.6. The van der Waals surface area contributed by atoms with Gasteiger partial charge in [-0.1, -0.05) is 42.5 Å². The molecule has 34 heavy (non-hydrogen) atoms. The van der Waals surface area contributed by atoms with Crippen LogP contribution >= 0.6 is 0 Å². The van der Waals surface area contributed by atoms with Crippen molar-refractivity contribution in [3.63, 3.8) is 0 Å². The number of aliphatic hydroxyl groups is 1. The number of carboxylic acids is 1. The molecule has 4 aromatic rings. The lowest BCUT2D eigenvalue weighted by Crippen LogP contribution is -2.43. The molecule has 10 heteroatoms. The number of para-hydroxylation sites is 1. The lowest BCUT2D eigenvalue weighted by molar-refractivity contribution is -0.140. The summed E-state index contributed by atoms with van der Waals surface area (Å²) in [5.74, 6) is -1.98. The van der Waals surface area contributed by atoms with Crippen LogP contribution in [0.25, 0.3) is 22.1 Å². The van der Waals surface area contributed by atoms with Crippen molar-refractivity contribution in [1.29, 1.82) is 0 Å². The normalized spacial score (nSPS) is 12.3. The van der Waals surface area contributed by atoms with Gasteiger partial charge in [0.1, 0.15) is 5.58 Å². The van der Waals surface area contributed by atoms with Crippen molar-refractivity contribution in [1.82, 2.24) is 5.32 Å². The van der Waals surface area contributed by atoms with Crippen LogP contribution in [0, 0.1) is 0 Å². The highest BCUT2D eigenvalue weighted by molar-refractivity contribution is 7.92. The zero-order chi connectivity index (χ0) is 24.3. The number of rotatable bonds is 8. The van der Waals surface area contributed by atoms with E-state index < -0.39 is 34.5 Å². The number of carboxylic acid groups (broad SMARTS) is 1. The Morgan fingerprint density at radius 3 is 2.32 bits per heavy atom. The van der Waals surface area contributed by atoms with Crippen LogP contribution in [0.2, 0.25) is 0 Å². The summed E-state index contributed by atoms with van der Waals surface area (Å²) in [5, 5.41) is 20.7. The Hall–Kier alpha value is -4.15. The van der Waals surface area contributed by atoms with Crippen LogP contribution in [0.3, 0.4) is 0 Å². The molecule has 0 spiro atoms. The van der Waals surface area contributed by atoms with Crippen molar-refractivity contribution in [2.24, 2.45) is 0 Å². The van der Waals surface area contributed by atoms with E-state index in [0.717, 1.165) is 0 Å². The Bertz CT molecular complexity index is 1430. The molecule has 0 bridgehead atoms. The van der Waals surface area contributed by atoms with Gasteiger partial charge in [-0.25, -0.2) is 4.79 Å². The van der Waals surface area contributed by atoms with Gasteiger partial charge in [0.15, 0.2) is 6.04 Å². The van der Waals surface area contributed by atoms with E-state index in [1.165, 1.54) is 18.2 Å². The van der Waals surface area contributed by atoms with Gasteiger partial charge in [0, 0.05) is 22.7 Å². The molecule has 0 saturated heterocycles. The molecule has 1 aromatic heterocycles. The molecule has 1 atom stereocenters. The monoisotopic (exact) mass is 480 g/mol. The molecular formula is C24H20N2O7S. The summed E-state index contributed by atoms with van der Waals surface area (Å²) in [6.45, 7) is -0.726. The zero-order valence-corrected chi connectivity index (χ0v) is 18.5. The maximum absolute atomic E-state index is 12.8. The Kier molecular flexibility index (Phi) is 6.35. The quantitative estimate of drug-likeness (QED) is 0.303. The van der Waals surface area contributed by atoms with Crippen molar-refractivity contribution in [3.05, 3.63) is 84.4 Å². The number of anilines is 1. The summed E-state index contributed by atoms with van der Waals surface area (Å²) in [5.41, 5.74) is 2.40. The summed E-state index contributed by atoms with van der Waals surface area (Å²) in [4.78, 5) is 23.2. The molecule has 0 aliphatic rings. The molecule has 0 radical (unpaired) electrons. The highest BCUT2D eigenvalue weighted by atomic mass is 32.2. The second-order valence-corrected chi connectivity index (χ2v) is 9.03. The average molecular weight is 480 g/mol. The van der Waals surface area contributed by atoms with E-state index in [1.807, 2.05) is 0 Å². The van der Waals surface area contributed by atoms with E-state index in [0.29, 0.717) is 27.8 Å². The highest BCUT2D eigenvalue weighted by Gasteiger charge is 2.21. The minimum Gasteiger partial charge on any atom is -0.480 e. The fraction of sp³-hybridized carbons (Fsp3) is 0.0833. The molecule has 4 rings (SSSR count). The molecule has 9 nitrogen and oxygen atoms in total. The molecule has 174 valence electrons. The predicted molar refractivity (Wildman–Crippen MR) is 125 cm³/mol.